The molecule has 0 aliphatic heterocycles. The molecule has 16 heavy (non-hydrogen) atoms. The van der Waals surface area contributed by atoms with Crippen LogP contribution >= 0.6 is 0 Å². The Labute approximate surface area is 95.3 Å². The molecular weight excluding hydrogens is 196 g/mol. The van der Waals surface area contributed by atoms with Gasteiger partial charge in [-0.25, -0.2) is 0 Å². The molecule has 2 N–H and O–H groups in total. The minimum absolute atomic E-state index is 0.0377. The summed E-state index contributed by atoms with van der Waals surface area (Å²) in [6, 6.07) is 16.5. The molecule has 1 unspecified atom stereocenters. The van der Waals surface area contributed by atoms with Crippen LogP contribution < -0.4 is 5.73 Å². The molecule has 0 radical (unpaired) electrons. The topological polar surface area (TPSA) is 49.8 Å². The van der Waals surface area contributed by atoms with E-state index in [1.54, 1.807) is 0 Å². The summed E-state index contributed by atoms with van der Waals surface area (Å²) in [5.74, 6) is 0. The van der Waals surface area contributed by atoms with Gasteiger partial charge in [0, 0.05) is 12.5 Å². The molecule has 0 saturated heterocycles. The van der Waals surface area contributed by atoms with E-state index < -0.39 is 0 Å². The first kappa shape index (κ1) is 10.7. The van der Waals surface area contributed by atoms with E-state index in [-0.39, 0.29) is 6.04 Å². The Morgan fingerprint density at radius 1 is 1.12 bits per heavy atom. The van der Waals surface area contributed by atoms with E-state index in [0.29, 0.717) is 6.42 Å². The van der Waals surface area contributed by atoms with Crippen molar-refractivity contribution in [3.8, 4) is 6.07 Å². The fourth-order valence-corrected chi connectivity index (χ4v) is 1.83. The fourth-order valence-electron chi connectivity index (χ4n) is 1.83. The molecule has 0 fully saturated rings. The summed E-state index contributed by atoms with van der Waals surface area (Å²) >= 11 is 0. The van der Waals surface area contributed by atoms with E-state index in [0.717, 1.165) is 12.0 Å². The third-order valence-electron chi connectivity index (χ3n) is 2.77. The second kappa shape index (κ2) is 4.78. The summed E-state index contributed by atoms with van der Waals surface area (Å²) in [4.78, 5) is 0. The highest BCUT2D eigenvalue weighted by Gasteiger charge is 2.05. The molecule has 2 nitrogen and oxygen atoms in total. The molecule has 0 aliphatic carbocycles. The number of rotatable bonds is 3. The molecule has 0 spiro atoms. The van der Waals surface area contributed by atoms with Gasteiger partial charge in [-0.2, -0.15) is 5.26 Å². The third-order valence-corrected chi connectivity index (χ3v) is 2.77. The van der Waals surface area contributed by atoms with Crippen LogP contribution in [0.3, 0.4) is 0 Å². The lowest BCUT2D eigenvalue weighted by Gasteiger charge is -2.10. The number of fused-ring (bicyclic) bond motifs is 1. The molecule has 2 heteroatoms. The summed E-state index contributed by atoms with van der Waals surface area (Å²) in [5, 5.41) is 11.0. The van der Waals surface area contributed by atoms with E-state index in [4.69, 9.17) is 11.0 Å². The highest BCUT2D eigenvalue weighted by molar-refractivity contribution is 5.83. The molecule has 1 atom stereocenters. The van der Waals surface area contributed by atoms with Crippen molar-refractivity contribution in [1.29, 1.82) is 5.26 Å². The van der Waals surface area contributed by atoms with Crippen LogP contribution in [0.5, 0.6) is 0 Å². The Hall–Kier alpha value is -1.85. The Morgan fingerprint density at radius 3 is 2.62 bits per heavy atom. The minimum atomic E-state index is -0.0377. The largest absolute Gasteiger partial charge is 0.324 e. The smallest absolute Gasteiger partial charge is 0.0622 e. The first-order chi connectivity index (χ1) is 7.81. The maximum absolute atomic E-state index is 8.53. The van der Waals surface area contributed by atoms with Gasteiger partial charge in [0.15, 0.2) is 0 Å². The highest BCUT2D eigenvalue weighted by Crippen LogP contribution is 2.21. The van der Waals surface area contributed by atoms with E-state index in [1.807, 2.05) is 18.2 Å². The molecule has 2 aromatic rings. The van der Waals surface area contributed by atoms with Gasteiger partial charge in [-0.05, 0) is 28.8 Å². The molecule has 2 aromatic carbocycles. The molecule has 0 bridgehead atoms. The zero-order chi connectivity index (χ0) is 11.4. The second-order valence-electron chi connectivity index (χ2n) is 3.91. The number of hydrogen-bond acceptors (Lipinski definition) is 2. The van der Waals surface area contributed by atoms with E-state index in [2.05, 4.69) is 30.3 Å². The SMILES string of the molecule is N#CCCC(N)c1ccc2ccccc2c1. The maximum atomic E-state index is 8.53. The second-order valence-corrected chi connectivity index (χ2v) is 3.91. The van der Waals surface area contributed by atoms with Crippen molar-refractivity contribution in [2.75, 3.05) is 0 Å². The Balaban J connectivity index is 2.29. The van der Waals surface area contributed by atoms with Gasteiger partial charge in [0.1, 0.15) is 0 Å². The Morgan fingerprint density at radius 2 is 1.88 bits per heavy atom. The highest BCUT2D eigenvalue weighted by atomic mass is 14.6. The number of nitrogens with zero attached hydrogens (tertiary/aromatic N) is 1. The number of hydrogen-bond donors (Lipinski definition) is 1. The van der Waals surface area contributed by atoms with Crippen molar-refractivity contribution < 1.29 is 0 Å². The van der Waals surface area contributed by atoms with Crippen molar-refractivity contribution >= 4 is 10.8 Å². The normalized spacial score (nSPS) is 12.2. The summed E-state index contributed by atoms with van der Waals surface area (Å²) in [5.41, 5.74) is 7.13. The van der Waals surface area contributed by atoms with Crippen LogP contribution in [0.4, 0.5) is 0 Å². The predicted molar refractivity (Wildman–Crippen MR) is 65.7 cm³/mol. The van der Waals surface area contributed by atoms with Crippen LogP contribution in [-0.2, 0) is 0 Å². The molecule has 0 aliphatic rings. The monoisotopic (exact) mass is 210 g/mol. The van der Waals surface area contributed by atoms with Gasteiger partial charge in [0.05, 0.1) is 6.07 Å². The van der Waals surface area contributed by atoms with Gasteiger partial charge in [-0.1, -0.05) is 36.4 Å². The van der Waals surface area contributed by atoms with Crippen LogP contribution in [0.25, 0.3) is 10.8 Å². The number of nitriles is 1. The van der Waals surface area contributed by atoms with Gasteiger partial charge < -0.3 is 5.73 Å². The molecule has 0 saturated carbocycles. The average molecular weight is 210 g/mol. The van der Waals surface area contributed by atoms with Crippen molar-refractivity contribution in [2.45, 2.75) is 18.9 Å². The number of nitrogens with two attached hydrogens (primary N) is 1. The molecule has 0 amide bonds. The van der Waals surface area contributed by atoms with Crippen molar-refractivity contribution in [3.63, 3.8) is 0 Å². The summed E-state index contributed by atoms with van der Waals surface area (Å²) in [6.45, 7) is 0. The van der Waals surface area contributed by atoms with E-state index in [9.17, 15) is 0 Å². The fraction of sp³-hybridized carbons (Fsp3) is 0.214. The summed E-state index contributed by atoms with van der Waals surface area (Å²) in [7, 11) is 0. The van der Waals surface area contributed by atoms with Crippen molar-refractivity contribution in [1.82, 2.24) is 0 Å². The van der Waals surface area contributed by atoms with E-state index >= 15 is 0 Å². The van der Waals surface area contributed by atoms with Crippen LogP contribution in [0, 0.1) is 11.3 Å². The van der Waals surface area contributed by atoms with E-state index in [1.165, 1.54) is 10.8 Å². The summed E-state index contributed by atoms with van der Waals surface area (Å²) in [6.07, 6.45) is 1.23. The first-order valence-electron chi connectivity index (χ1n) is 5.42. The lowest BCUT2D eigenvalue weighted by molar-refractivity contribution is 0.666. The van der Waals surface area contributed by atoms with Crippen LogP contribution in [0.1, 0.15) is 24.4 Å². The zero-order valence-electron chi connectivity index (χ0n) is 9.06. The molecule has 80 valence electrons. The van der Waals surface area contributed by atoms with Crippen LogP contribution in [-0.4, -0.2) is 0 Å². The minimum Gasteiger partial charge on any atom is -0.324 e. The van der Waals surface area contributed by atoms with Gasteiger partial charge in [0.25, 0.3) is 0 Å². The Bertz CT molecular complexity index is 525. The van der Waals surface area contributed by atoms with Gasteiger partial charge in [-0.15, -0.1) is 0 Å². The van der Waals surface area contributed by atoms with Gasteiger partial charge in [0.2, 0.25) is 0 Å². The lowest BCUT2D eigenvalue weighted by Crippen LogP contribution is -2.09. The lowest BCUT2D eigenvalue weighted by atomic mass is 9.99. The average Bonchev–Trinajstić information content (AvgIpc) is 2.35. The van der Waals surface area contributed by atoms with Gasteiger partial charge >= 0.3 is 0 Å². The molecular formula is C14H14N2. The summed E-state index contributed by atoms with van der Waals surface area (Å²) < 4.78 is 0. The van der Waals surface area contributed by atoms with Gasteiger partial charge in [-0.3, -0.25) is 0 Å². The Kier molecular flexibility index (Phi) is 3.19. The van der Waals surface area contributed by atoms with Crippen LogP contribution in [0.15, 0.2) is 42.5 Å². The van der Waals surface area contributed by atoms with Crippen molar-refractivity contribution in [2.24, 2.45) is 5.73 Å². The third kappa shape index (κ3) is 2.21. The predicted octanol–water partition coefficient (Wildman–Crippen LogP) is 3.14. The number of benzene rings is 2. The standard InChI is InChI=1S/C14H14N2/c15-9-3-6-14(16)13-8-7-11-4-1-2-5-12(11)10-13/h1-2,4-5,7-8,10,14H,3,6,16H2. The quantitative estimate of drug-likeness (QED) is 0.846. The molecule has 2 rings (SSSR count). The van der Waals surface area contributed by atoms with Crippen LogP contribution in [0.2, 0.25) is 0 Å². The first-order valence-corrected chi connectivity index (χ1v) is 5.42. The molecule has 0 aromatic heterocycles. The molecule has 0 heterocycles. The zero-order valence-corrected chi connectivity index (χ0v) is 9.06. The van der Waals surface area contributed by atoms with Crippen molar-refractivity contribution in [3.05, 3.63) is 48.0 Å². The maximum Gasteiger partial charge on any atom is 0.0622 e.